The van der Waals surface area contributed by atoms with E-state index in [0.717, 1.165) is 11.6 Å². The molecular formula is C13H21NO3SSi. The van der Waals surface area contributed by atoms with Crippen molar-refractivity contribution in [2.75, 3.05) is 6.61 Å². The van der Waals surface area contributed by atoms with Crippen LogP contribution in [0.3, 0.4) is 0 Å². The van der Waals surface area contributed by atoms with Crippen molar-refractivity contribution in [3.05, 3.63) is 29.8 Å². The third-order valence-corrected chi connectivity index (χ3v) is 5.25. The van der Waals surface area contributed by atoms with Gasteiger partial charge in [0.1, 0.15) is 11.4 Å². The average Bonchev–Trinajstić information content (AvgIpc) is 2.27. The van der Waals surface area contributed by atoms with Gasteiger partial charge in [-0.15, -0.1) is 4.72 Å². The quantitative estimate of drug-likeness (QED) is 0.671. The van der Waals surface area contributed by atoms with Gasteiger partial charge in [0, 0.05) is 8.07 Å². The summed E-state index contributed by atoms with van der Waals surface area (Å²) in [5.41, 5.74) is 1.08. The number of ether oxygens (including phenoxy) is 1. The Balaban J connectivity index is 2.38. The summed E-state index contributed by atoms with van der Waals surface area (Å²) in [7, 11) is -1.22. The van der Waals surface area contributed by atoms with E-state index in [9.17, 15) is 9.35 Å². The Kier molecular flexibility index (Phi) is 5.90. The molecule has 1 N–H and O–H groups in total. The van der Waals surface area contributed by atoms with Crippen LogP contribution in [0.25, 0.3) is 0 Å². The summed E-state index contributed by atoms with van der Waals surface area (Å²) < 4.78 is 19.2. The van der Waals surface area contributed by atoms with Gasteiger partial charge in [-0.05, 0) is 25.1 Å². The summed E-state index contributed by atoms with van der Waals surface area (Å²) in [6.07, 6.45) is -0.628. The molecular weight excluding hydrogens is 278 g/mol. The zero-order valence-electron chi connectivity index (χ0n) is 11.9. The van der Waals surface area contributed by atoms with Gasteiger partial charge in [-0.2, -0.15) is 0 Å². The van der Waals surface area contributed by atoms with E-state index in [1.165, 1.54) is 0 Å². The minimum Gasteiger partial charge on any atom is -0.588 e. The number of nitrogens with one attached hydrogen (secondary N) is 1. The zero-order chi connectivity index (χ0) is 14.5. The summed E-state index contributed by atoms with van der Waals surface area (Å²) in [5.74, 6) is 0. The SMILES string of the molecule is Cc1ccc([S+]([O-])NC(=O)OCC[Si](C)(C)C)cc1. The van der Waals surface area contributed by atoms with E-state index in [0.29, 0.717) is 11.5 Å². The largest absolute Gasteiger partial charge is 0.588 e. The number of hydrogen-bond acceptors (Lipinski definition) is 3. The van der Waals surface area contributed by atoms with E-state index < -0.39 is 25.5 Å². The first-order valence-electron chi connectivity index (χ1n) is 6.20. The molecule has 0 fully saturated rings. The highest BCUT2D eigenvalue weighted by Gasteiger charge is 2.18. The van der Waals surface area contributed by atoms with Gasteiger partial charge < -0.3 is 9.29 Å². The van der Waals surface area contributed by atoms with E-state index in [1.54, 1.807) is 12.1 Å². The molecule has 1 aromatic carbocycles. The lowest BCUT2D eigenvalue weighted by Crippen LogP contribution is -2.32. The Hall–Kier alpha value is -0.983. The van der Waals surface area contributed by atoms with Crippen molar-refractivity contribution in [1.82, 2.24) is 4.72 Å². The molecule has 6 heteroatoms. The topological polar surface area (TPSA) is 61.4 Å². The van der Waals surface area contributed by atoms with Crippen LogP contribution in [0.15, 0.2) is 29.2 Å². The van der Waals surface area contributed by atoms with E-state index >= 15 is 0 Å². The fourth-order valence-electron chi connectivity index (χ4n) is 1.28. The van der Waals surface area contributed by atoms with E-state index in [1.807, 2.05) is 19.1 Å². The molecule has 1 atom stereocenters. The fourth-order valence-corrected chi connectivity index (χ4v) is 2.70. The molecule has 0 aliphatic heterocycles. The maximum absolute atomic E-state index is 11.8. The molecule has 0 aromatic heterocycles. The van der Waals surface area contributed by atoms with Gasteiger partial charge >= 0.3 is 6.09 Å². The molecule has 0 saturated heterocycles. The summed E-state index contributed by atoms with van der Waals surface area (Å²) >= 11 is -1.56. The molecule has 0 radical (unpaired) electrons. The molecule has 0 saturated carbocycles. The minimum absolute atomic E-state index is 0.382. The maximum Gasteiger partial charge on any atom is 0.449 e. The van der Waals surface area contributed by atoms with Crippen LogP contribution in [0, 0.1) is 6.92 Å². The van der Waals surface area contributed by atoms with Crippen molar-refractivity contribution < 1.29 is 14.1 Å². The number of carbonyl (C=O) groups is 1. The molecule has 0 heterocycles. The monoisotopic (exact) mass is 299 g/mol. The third-order valence-electron chi connectivity index (χ3n) is 2.50. The van der Waals surface area contributed by atoms with Crippen molar-refractivity contribution in [3.63, 3.8) is 0 Å². The number of carbonyl (C=O) groups excluding carboxylic acids is 1. The van der Waals surface area contributed by atoms with Gasteiger partial charge in [0.2, 0.25) is 0 Å². The molecule has 19 heavy (non-hydrogen) atoms. The standard InChI is InChI=1S/C13H21NO3SSi/c1-11-5-7-12(8-6-11)18(16)14-13(15)17-9-10-19(2,3)4/h5-8H,9-10H2,1-4H3,(H,14,15). The van der Waals surface area contributed by atoms with Crippen LogP contribution in [0.2, 0.25) is 25.7 Å². The van der Waals surface area contributed by atoms with Gasteiger partial charge in [-0.25, -0.2) is 4.79 Å². The van der Waals surface area contributed by atoms with E-state index in [4.69, 9.17) is 4.74 Å². The van der Waals surface area contributed by atoms with Gasteiger partial charge in [-0.3, -0.25) is 0 Å². The summed E-state index contributed by atoms with van der Waals surface area (Å²) in [6.45, 7) is 8.95. The lowest BCUT2D eigenvalue weighted by Gasteiger charge is -2.15. The maximum atomic E-state index is 11.8. The molecule has 0 spiro atoms. The summed E-state index contributed by atoms with van der Waals surface area (Å²) in [4.78, 5) is 12.0. The summed E-state index contributed by atoms with van der Waals surface area (Å²) in [6, 6.07) is 8.07. The minimum atomic E-state index is -1.56. The molecule has 0 aliphatic rings. The van der Waals surface area contributed by atoms with Gasteiger partial charge in [0.05, 0.1) is 6.61 Å². The first kappa shape index (κ1) is 16.1. The number of hydrogen-bond donors (Lipinski definition) is 1. The predicted molar refractivity (Wildman–Crippen MR) is 80.2 cm³/mol. The highest BCUT2D eigenvalue weighted by atomic mass is 32.2. The van der Waals surface area contributed by atoms with E-state index in [2.05, 4.69) is 24.4 Å². The second kappa shape index (κ2) is 6.98. The Morgan fingerprint density at radius 1 is 1.32 bits per heavy atom. The molecule has 1 unspecified atom stereocenters. The van der Waals surface area contributed by atoms with Crippen molar-refractivity contribution in [2.24, 2.45) is 0 Å². The molecule has 1 rings (SSSR count). The van der Waals surface area contributed by atoms with Crippen LogP contribution in [0.5, 0.6) is 0 Å². The van der Waals surface area contributed by atoms with Crippen molar-refractivity contribution >= 4 is 25.5 Å². The van der Waals surface area contributed by atoms with Crippen molar-refractivity contribution in [3.8, 4) is 0 Å². The van der Waals surface area contributed by atoms with Crippen LogP contribution in [0.1, 0.15) is 5.56 Å². The number of benzene rings is 1. The molecule has 0 aliphatic carbocycles. The number of aryl methyl sites for hydroxylation is 1. The highest BCUT2D eigenvalue weighted by Crippen LogP contribution is 2.11. The third kappa shape index (κ3) is 6.65. The van der Waals surface area contributed by atoms with Crippen molar-refractivity contribution in [1.29, 1.82) is 0 Å². The first-order chi connectivity index (χ1) is 8.78. The second-order valence-electron chi connectivity index (χ2n) is 5.63. The second-order valence-corrected chi connectivity index (χ2v) is 12.5. The highest BCUT2D eigenvalue weighted by molar-refractivity contribution is 7.90. The van der Waals surface area contributed by atoms with E-state index in [-0.39, 0.29) is 0 Å². The Bertz CT molecular complexity index is 417. The zero-order valence-corrected chi connectivity index (χ0v) is 13.7. The first-order valence-corrected chi connectivity index (χ1v) is 11.1. The van der Waals surface area contributed by atoms with Gasteiger partial charge in [0.15, 0.2) is 4.90 Å². The van der Waals surface area contributed by atoms with Crippen LogP contribution >= 0.6 is 0 Å². The molecule has 1 amide bonds. The van der Waals surface area contributed by atoms with Crippen LogP contribution < -0.4 is 4.72 Å². The normalized spacial score (nSPS) is 12.9. The van der Waals surface area contributed by atoms with Gasteiger partial charge in [0.25, 0.3) is 0 Å². The van der Waals surface area contributed by atoms with Crippen LogP contribution in [0.4, 0.5) is 4.79 Å². The predicted octanol–water partition coefficient (Wildman–Crippen LogP) is 3.08. The smallest absolute Gasteiger partial charge is 0.449 e. The Labute approximate surface area is 118 Å². The fraction of sp³-hybridized carbons (Fsp3) is 0.462. The average molecular weight is 299 g/mol. The summed E-state index contributed by atoms with van der Waals surface area (Å²) in [5, 5.41) is 0. The molecule has 1 aromatic rings. The number of amides is 1. The lowest BCUT2D eigenvalue weighted by molar-refractivity contribution is 0.158. The van der Waals surface area contributed by atoms with Crippen molar-refractivity contribution in [2.45, 2.75) is 37.5 Å². The molecule has 0 bridgehead atoms. The van der Waals surface area contributed by atoms with Crippen LogP contribution in [-0.4, -0.2) is 25.3 Å². The van der Waals surface area contributed by atoms with Crippen LogP contribution in [-0.2, 0) is 16.1 Å². The Morgan fingerprint density at radius 3 is 2.42 bits per heavy atom. The lowest BCUT2D eigenvalue weighted by atomic mass is 10.2. The number of rotatable bonds is 5. The Morgan fingerprint density at radius 2 is 1.89 bits per heavy atom. The molecule has 4 nitrogen and oxygen atoms in total. The van der Waals surface area contributed by atoms with Gasteiger partial charge in [-0.1, -0.05) is 37.3 Å². The molecule has 106 valence electrons.